The minimum absolute atomic E-state index is 0.134. The van der Waals surface area contributed by atoms with E-state index in [0.717, 1.165) is 22.0 Å². The number of aryl methyl sites for hydroxylation is 2. The molecular formula is C17H19N5OS. The van der Waals surface area contributed by atoms with Crippen molar-refractivity contribution in [2.45, 2.75) is 33.4 Å². The maximum absolute atomic E-state index is 12.5. The van der Waals surface area contributed by atoms with E-state index >= 15 is 0 Å². The van der Waals surface area contributed by atoms with E-state index in [1.807, 2.05) is 38.3 Å². The maximum atomic E-state index is 12.5. The lowest BCUT2D eigenvalue weighted by Gasteiger charge is -2.11. The van der Waals surface area contributed by atoms with Crippen LogP contribution < -0.4 is 5.32 Å². The van der Waals surface area contributed by atoms with Gasteiger partial charge in [0.15, 0.2) is 0 Å². The van der Waals surface area contributed by atoms with Crippen molar-refractivity contribution < 1.29 is 4.79 Å². The minimum atomic E-state index is -0.168. The summed E-state index contributed by atoms with van der Waals surface area (Å²) in [6.45, 7) is 6.45. The Bertz CT molecular complexity index is 840. The quantitative estimate of drug-likeness (QED) is 0.773. The third-order valence-electron chi connectivity index (χ3n) is 3.65. The Morgan fingerprint density at radius 2 is 2.12 bits per heavy atom. The first-order valence-electron chi connectivity index (χ1n) is 7.79. The molecule has 0 saturated carbocycles. The molecule has 0 aliphatic heterocycles. The van der Waals surface area contributed by atoms with Crippen LogP contribution in [0.2, 0.25) is 0 Å². The molecular weight excluding hydrogens is 322 g/mol. The van der Waals surface area contributed by atoms with Gasteiger partial charge in [0, 0.05) is 29.9 Å². The van der Waals surface area contributed by atoms with Crippen LogP contribution in [0.5, 0.6) is 0 Å². The van der Waals surface area contributed by atoms with Gasteiger partial charge in [0.05, 0.1) is 17.4 Å². The predicted octanol–water partition coefficient (Wildman–Crippen LogP) is 3.22. The molecule has 6 nitrogen and oxygen atoms in total. The third-order valence-corrected chi connectivity index (χ3v) is 4.68. The molecule has 0 unspecified atom stereocenters. The van der Waals surface area contributed by atoms with E-state index in [0.29, 0.717) is 12.2 Å². The summed E-state index contributed by atoms with van der Waals surface area (Å²) in [5.74, 6) is -0.134. The highest BCUT2D eigenvalue weighted by Gasteiger charge is 2.18. The number of aromatic nitrogens is 4. The van der Waals surface area contributed by atoms with Crippen LogP contribution in [0.4, 0.5) is 0 Å². The lowest BCUT2D eigenvalue weighted by Crippen LogP contribution is -2.28. The van der Waals surface area contributed by atoms with Gasteiger partial charge in [-0.1, -0.05) is 0 Å². The fourth-order valence-corrected chi connectivity index (χ4v) is 3.28. The van der Waals surface area contributed by atoms with Crippen LogP contribution in [0.15, 0.2) is 36.0 Å². The van der Waals surface area contributed by atoms with Crippen molar-refractivity contribution in [1.82, 2.24) is 25.1 Å². The molecule has 3 heterocycles. The second-order valence-electron chi connectivity index (χ2n) is 5.49. The van der Waals surface area contributed by atoms with Crippen LogP contribution in [-0.4, -0.2) is 25.7 Å². The summed E-state index contributed by atoms with van der Waals surface area (Å²) in [5.41, 5.74) is 3.33. The molecule has 0 aliphatic rings. The molecule has 1 atom stereocenters. The van der Waals surface area contributed by atoms with E-state index in [1.165, 1.54) is 11.3 Å². The number of carbonyl (C=O) groups excluding carboxylic acids is 1. The van der Waals surface area contributed by atoms with Gasteiger partial charge in [-0.3, -0.25) is 14.5 Å². The molecule has 0 saturated heterocycles. The first-order chi connectivity index (χ1) is 11.6. The molecule has 1 amide bonds. The lowest BCUT2D eigenvalue weighted by molar-refractivity contribution is 0.0929. The number of nitrogens with one attached hydrogen (secondary N) is 1. The van der Waals surface area contributed by atoms with Gasteiger partial charge in [-0.25, -0.2) is 4.98 Å². The molecule has 0 fully saturated rings. The van der Waals surface area contributed by atoms with Crippen LogP contribution in [0, 0.1) is 6.92 Å². The number of rotatable bonds is 5. The number of amides is 1. The van der Waals surface area contributed by atoms with Crippen LogP contribution in [0.3, 0.4) is 0 Å². The molecule has 0 bridgehead atoms. The monoisotopic (exact) mass is 341 g/mol. The van der Waals surface area contributed by atoms with Gasteiger partial charge in [0.2, 0.25) is 0 Å². The number of carbonyl (C=O) groups is 1. The third kappa shape index (κ3) is 3.35. The molecule has 0 spiro atoms. The van der Waals surface area contributed by atoms with Crippen LogP contribution >= 0.6 is 11.3 Å². The zero-order chi connectivity index (χ0) is 17.1. The summed E-state index contributed by atoms with van der Waals surface area (Å²) in [4.78, 5) is 21.1. The van der Waals surface area contributed by atoms with Crippen LogP contribution in [0.25, 0.3) is 11.3 Å². The van der Waals surface area contributed by atoms with Crippen LogP contribution in [-0.2, 0) is 6.54 Å². The Morgan fingerprint density at radius 3 is 2.83 bits per heavy atom. The SMILES string of the molecule is CCn1nc(C)cc1C(=O)N[C@H](C)c1nc(-c2ccncc2)cs1. The van der Waals surface area contributed by atoms with E-state index in [2.05, 4.69) is 20.4 Å². The summed E-state index contributed by atoms with van der Waals surface area (Å²) in [6.07, 6.45) is 3.49. The molecule has 3 aromatic heterocycles. The highest BCUT2D eigenvalue weighted by molar-refractivity contribution is 7.10. The molecule has 3 rings (SSSR count). The topological polar surface area (TPSA) is 72.7 Å². The van der Waals surface area contributed by atoms with E-state index in [-0.39, 0.29) is 11.9 Å². The Morgan fingerprint density at radius 1 is 1.38 bits per heavy atom. The van der Waals surface area contributed by atoms with Crippen molar-refractivity contribution in [2.24, 2.45) is 0 Å². The average molecular weight is 341 g/mol. The van der Waals surface area contributed by atoms with Crippen molar-refractivity contribution in [2.75, 3.05) is 0 Å². The first kappa shape index (κ1) is 16.3. The molecule has 24 heavy (non-hydrogen) atoms. The highest BCUT2D eigenvalue weighted by Crippen LogP contribution is 2.25. The number of nitrogens with zero attached hydrogens (tertiary/aromatic N) is 4. The number of pyridine rings is 1. The van der Waals surface area contributed by atoms with Gasteiger partial charge in [-0.05, 0) is 39.0 Å². The van der Waals surface area contributed by atoms with E-state index in [9.17, 15) is 4.79 Å². The van der Waals surface area contributed by atoms with Gasteiger partial charge in [-0.2, -0.15) is 5.10 Å². The van der Waals surface area contributed by atoms with Gasteiger partial charge >= 0.3 is 0 Å². The Kier molecular flexibility index (Phi) is 4.71. The molecule has 0 aromatic carbocycles. The van der Waals surface area contributed by atoms with Crippen molar-refractivity contribution in [3.8, 4) is 11.3 Å². The van der Waals surface area contributed by atoms with Crippen molar-refractivity contribution in [3.63, 3.8) is 0 Å². The summed E-state index contributed by atoms with van der Waals surface area (Å²) < 4.78 is 1.71. The number of hydrogen-bond donors (Lipinski definition) is 1. The van der Waals surface area contributed by atoms with Gasteiger partial charge in [0.25, 0.3) is 5.91 Å². The Hall–Kier alpha value is -2.54. The maximum Gasteiger partial charge on any atom is 0.270 e. The van der Waals surface area contributed by atoms with E-state index in [1.54, 1.807) is 23.1 Å². The largest absolute Gasteiger partial charge is 0.342 e. The lowest BCUT2D eigenvalue weighted by atomic mass is 10.2. The van der Waals surface area contributed by atoms with Crippen LogP contribution in [0.1, 0.15) is 41.1 Å². The summed E-state index contributed by atoms with van der Waals surface area (Å²) >= 11 is 1.54. The average Bonchev–Trinajstić information content (AvgIpc) is 3.22. The van der Waals surface area contributed by atoms with E-state index < -0.39 is 0 Å². The summed E-state index contributed by atoms with van der Waals surface area (Å²) in [5, 5.41) is 10.2. The van der Waals surface area contributed by atoms with E-state index in [4.69, 9.17) is 0 Å². The van der Waals surface area contributed by atoms with Crippen molar-refractivity contribution in [1.29, 1.82) is 0 Å². The fourth-order valence-electron chi connectivity index (χ4n) is 2.44. The highest BCUT2D eigenvalue weighted by atomic mass is 32.1. The molecule has 0 aliphatic carbocycles. The molecule has 3 aromatic rings. The summed E-state index contributed by atoms with van der Waals surface area (Å²) in [6, 6.07) is 5.48. The molecule has 1 N–H and O–H groups in total. The Balaban J connectivity index is 1.74. The fraction of sp³-hybridized carbons (Fsp3) is 0.294. The van der Waals surface area contributed by atoms with Crippen molar-refractivity contribution in [3.05, 3.63) is 52.4 Å². The molecule has 0 radical (unpaired) electrons. The normalized spacial score (nSPS) is 12.1. The zero-order valence-electron chi connectivity index (χ0n) is 13.9. The smallest absolute Gasteiger partial charge is 0.270 e. The minimum Gasteiger partial charge on any atom is -0.342 e. The molecule has 124 valence electrons. The zero-order valence-corrected chi connectivity index (χ0v) is 14.7. The summed E-state index contributed by atoms with van der Waals surface area (Å²) in [7, 11) is 0. The first-order valence-corrected chi connectivity index (χ1v) is 8.67. The number of hydrogen-bond acceptors (Lipinski definition) is 5. The van der Waals surface area contributed by atoms with Gasteiger partial charge in [-0.15, -0.1) is 11.3 Å². The second kappa shape index (κ2) is 6.92. The van der Waals surface area contributed by atoms with Crippen molar-refractivity contribution >= 4 is 17.2 Å². The van der Waals surface area contributed by atoms with Gasteiger partial charge in [0.1, 0.15) is 10.7 Å². The standard InChI is InChI=1S/C17H19N5OS/c1-4-22-15(9-11(2)21-22)16(23)19-12(3)17-20-14(10-24-17)13-5-7-18-8-6-13/h5-10,12H,4H2,1-3H3,(H,19,23)/t12-/m1/s1. The van der Waals surface area contributed by atoms with Gasteiger partial charge < -0.3 is 5.32 Å². The Labute approximate surface area is 144 Å². The second-order valence-corrected chi connectivity index (χ2v) is 6.38. The molecule has 7 heteroatoms. The predicted molar refractivity (Wildman–Crippen MR) is 93.9 cm³/mol. The number of thiazole rings is 1.